The lowest BCUT2D eigenvalue weighted by Gasteiger charge is -2.21. The summed E-state index contributed by atoms with van der Waals surface area (Å²) >= 11 is 0. The molecule has 206 valence electrons. The maximum atomic E-state index is 11.5. The van der Waals surface area contributed by atoms with Crippen molar-refractivity contribution in [3.05, 3.63) is 41.1 Å². The number of aliphatic hydroxyl groups excluding tert-OH is 2. The van der Waals surface area contributed by atoms with Gasteiger partial charge in [0.1, 0.15) is 25.1 Å². The quantitative estimate of drug-likeness (QED) is 0.342. The highest BCUT2D eigenvalue weighted by Crippen LogP contribution is 2.33. The number of carbonyl (C=O) groups is 1. The smallest absolute Gasteiger partial charge is 0.258 e. The number of hydrogen-bond donors (Lipinski definition) is 2. The summed E-state index contributed by atoms with van der Waals surface area (Å²) in [7, 11) is 3.11. The number of methoxy groups -OCH3 is 1. The number of nitrogens with zero attached hydrogens (tertiary/aromatic N) is 4. The average Bonchev–Trinajstić information content (AvgIpc) is 3.42. The number of hydrogen-bond acceptors (Lipinski definition) is 9. The molecule has 3 rings (SSSR count). The number of aliphatic hydroxyl groups is 2. The molecule has 10 heteroatoms. The molecule has 0 saturated heterocycles. The Balaban J connectivity index is 1.83. The molecule has 10 nitrogen and oxygen atoms in total. The average molecular weight is 527 g/mol. The number of pyridine rings is 1. The zero-order chi connectivity index (χ0) is 27.8. The van der Waals surface area contributed by atoms with E-state index in [1.165, 1.54) is 11.9 Å². The van der Waals surface area contributed by atoms with Gasteiger partial charge in [-0.15, -0.1) is 0 Å². The van der Waals surface area contributed by atoms with Crippen LogP contribution in [-0.2, 0) is 11.2 Å². The van der Waals surface area contributed by atoms with Crippen LogP contribution in [0.5, 0.6) is 11.6 Å². The number of aryl methyl sites for hydroxylation is 2. The Morgan fingerprint density at radius 3 is 2.47 bits per heavy atom. The fraction of sp³-hybridized carbons (Fsp3) is 0.500. The molecule has 1 amide bonds. The standard InChI is InChI=1S/C28H38N4O6/c1-7-18(8-2)23-12-21(13-24(29-23)36-6)28-30-27(31-38-28)20-10-17(4)26(19(9-3)11-20)37-16-22(34)14-32(5)25(35)15-33/h10-13,18,22,33-34H,7-9,14-16H2,1-6H3/t22-/m0/s1. The van der Waals surface area contributed by atoms with Crippen LogP contribution in [0.2, 0.25) is 0 Å². The van der Waals surface area contributed by atoms with Crippen molar-refractivity contribution in [3.8, 4) is 34.5 Å². The number of ether oxygens (including phenoxy) is 2. The summed E-state index contributed by atoms with van der Waals surface area (Å²) in [6.07, 6.45) is 1.72. The summed E-state index contributed by atoms with van der Waals surface area (Å²) in [5.74, 6) is 1.85. The first kappa shape index (κ1) is 29.1. The number of rotatable bonds is 13. The van der Waals surface area contributed by atoms with Crippen molar-refractivity contribution in [3.63, 3.8) is 0 Å². The van der Waals surface area contributed by atoms with E-state index in [0.29, 0.717) is 35.7 Å². The Bertz CT molecular complexity index is 1220. The zero-order valence-electron chi connectivity index (χ0n) is 23.0. The van der Waals surface area contributed by atoms with Crippen LogP contribution in [-0.4, -0.2) is 76.2 Å². The van der Waals surface area contributed by atoms with Gasteiger partial charge in [0.05, 0.1) is 7.11 Å². The van der Waals surface area contributed by atoms with Crippen molar-refractivity contribution in [2.24, 2.45) is 0 Å². The molecule has 2 N–H and O–H groups in total. The van der Waals surface area contributed by atoms with Crippen molar-refractivity contribution < 1.29 is 29.0 Å². The van der Waals surface area contributed by atoms with Gasteiger partial charge in [-0.25, -0.2) is 4.98 Å². The minimum absolute atomic E-state index is 0.00527. The number of benzene rings is 1. The molecule has 0 spiro atoms. The monoisotopic (exact) mass is 526 g/mol. The molecule has 2 heterocycles. The van der Waals surface area contributed by atoms with Gasteiger partial charge >= 0.3 is 0 Å². The van der Waals surface area contributed by atoms with Crippen LogP contribution in [0.4, 0.5) is 0 Å². The summed E-state index contributed by atoms with van der Waals surface area (Å²) in [4.78, 5) is 22.1. The van der Waals surface area contributed by atoms with Gasteiger partial charge in [-0.2, -0.15) is 4.98 Å². The second-order valence-electron chi connectivity index (χ2n) is 9.29. The lowest BCUT2D eigenvalue weighted by Crippen LogP contribution is -2.38. The molecular weight excluding hydrogens is 488 g/mol. The third kappa shape index (κ3) is 6.87. The van der Waals surface area contributed by atoms with Crippen LogP contribution >= 0.6 is 0 Å². The Hall–Kier alpha value is -3.50. The van der Waals surface area contributed by atoms with Crippen molar-refractivity contribution in [2.45, 2.75) is 59.0 Å². The van der Waals surface area contributed by atoms with E-state index in [1.54, 1.807) is 13.2 Å². The van der Waals surface area contributed by atoms with E-state index in [-0.39, 0.29) is 13.2 Å². The van der Waals surface area contributed by atoms with Crippen molar-refractivity contribution in [1.29, 1.82) is 0 Å². The molecule has 1 aromatic carbocycles. The molecule has 0 bridgehead atoms. The molecule has 0 saturated carbocycles. The van der Waals surface area contributed by atoms with Gasteiger partial charge in [-0.1, -0.05) is 25.9 Å². The Morgan fingerprint density at radius 2 is 1.84 bits per heavy atom. The lowest BCUT2D eigenvalue weighted by molar-refractivity contribution is -0.134. The lowest BCUT2D eigenvalue weighted by atomic mass is 9.97. The fourth-order valence-corrected chi connectivity index (χ4v) is 4.34. The second kappa shape index (κ2) is 13.3. The van der Waals surface area contributed by atoms with Gasteiger partial charge in [-0.3, -0.25) is 4.79 Å². The van der Waals surface area contributed by atoms with Crippen LogP contribution in [0.1, 0.15) is 56.4 Å². The predicted octanol–water partition coefficient (Wildman–Crippen LogP) is 3.77. The normalized spacial score (nSPS) is 12.0. The molecule has 0 unspecified atom stereocenters. The predicted molar refractivity (Wildman–Crippen MR) is 143 cm³/mol. The minimum atomic E-state index is -0.902. The molecule has 3 aromatic rings. The molecule has 38 heavy (non-hydrogen) atoms. The number of amides is 1. The van der Waals surface area contributed by atoms with E-state index >= 15 is 0 Å². The Morgan fingerprint density at radius 1 is 1.11 bits per heavy atom. The van der Waals surface area contributed by atoms with E-state index in [2.05, 4.69) is 29.0 Å². The van der Waals surface area contributed by atoms with Gasteiger partial charge < -0.3 is 29.1 Å². The first-order valence-electron chi connectivity index (χ1n) is 12.9. The van der Waals surface area contributed by atoms with Gasteiger partial charge in [0.2, 0.25) is 17.6 Å². The first-order valence-corrected chi connectivity index (χ1v) is 12.9. The molecule has 0 fully saturated rings. The molecule has 1 atom stereocenters. The van der Waals surface area contributed by atoms with E-state index in [4.69, 9.17) is 19.1 Å². The van der Waals surface area contributed by atoms with Crippen LogP contribution in [0.15, 0.2) is 28.8 Å². The summed E-state index contributed by atoms with van der Waals surface area (Å²) in [5.41, 5.74) is 4.27. The fourth-order valence-electron chi connectivity index (χ4n) is 4.34. The minimum Gasteiger partial charge on any atom is -0.490 e. The van der Waals surface area contributed by atoms with Crippen LogP contribution in [0, 0.1) is 6.92 Å². The van der Waals surface area contributed by atoms with E-state index in [9.17, 15) is 9.90 Å². The van der Waals surface area contributed by atoms with Gasteiger partial charge in [0.15, 0.2) is 0 Å². The number of aromatic nitrogens is 3. The topological polar surface area (TPSA) is 131 Å². The third-order valence-corrected chi connectivity index (χ3v) is 6.56. The van der Waals surface area contributed by atoms with Gasteiger partial charge in [0.25, 0.3) is 5.89 Å². The zero-order valence-corrected chi connectivity index (χ0v) is 23.0. The largest absolute Gasteiger partial charge is 0.490 e. The molecule has 0 aliphatic rings. The SMILES string of the molecule is CCc1cc(-c2noc(-c3cc(OC)nc(C(CC)CC)c3)n2)cc(C)c1OC[C@@H](O)CN(C)C(=O)CO. The molecule has 2 aromatic heterocycles. The van der Waals surface area contributed by atoms with E-state index < -0.39 is 18.6 Å². The highest BCUT2D eigenvalue weighted by Gasteiger charge is 2.19. The van der Waals surface area contributed by atoms with Gasteiger partial charge in [-0.05, 0) is 55.5 Å². The number of carbonyl (C=O) groups excluding carboxylic acids is 1. The second-order valence-corrected chi connectivity index (χ2v) is 9.29. The Labute approximate surface area is 223 Å². The van der Waals surface area contributed by atoms with Crippen LogP contribution in [0.25, 0.3) is 22.8 Å². The molecule has 0 radical (unpaired) electrons. The summed E-state index contributed by atoms with van der Waals surface area (Å²) < 4.78 is 17.0. The third-order valence-electron chi connectivity index (χ3n) is 6.56. The molecule has 0 aliphatic carbocycles. The first-order chi connectivity index (χ1) is 18.2. The van der Waals surface area contributed by atoms with Crippen LogP contribution in [0.3, 0.4) is 0 Å². The number of likely N-dealkylation sites (N-methyl/N-ethyl adjacent to an activating group) is 1. The van der Waals surface area contributed by atoms with Crippen molar-refractivity contribution in [2.75, 3.05) is 33.9 Å². The summed E-state index contributed by atoms with van der Waals surface area (Å²) in [5, 5.41) is 23.5. The van der Waals surface area contributed by atoms with Crippen molar-refractivity contribution >= 4 is 5.91 Å². The van der Waals surface area contributed by atoms with E-state index in [0.717, 1.165) is 40.8 Å². The summed E-state index contributed by atoms with van der Waals surface area (Å²) in [6.45, 7) is 7.67. The van der Waals surface area contributed by atoms with Gasteiger partial charge in [0, 0.05) is 42.4 Å². The molecule has 0 aliphatic heterocycles. The summed E-state index contributed by atoms with van der Waals surface area (Å²) in [6, 6.07) is 7.64. The maximum absolute atomic E-state index is 11.5. The maximum Gasteiger partial charge on any atom is 0.258 e. The highest BCUT2D eigenvalue weighted by molar-refractivity contribution is 5.76. The highest BCUT2D eigenvalue weighted by atomic mass is 16.5. The van der Waals surface area contributed by atoms with Crippen molar-refractivity contribution in [1.82, 2.24) is 20.0 Å². The molecular formula is C28H38N4O6. The Kier molecular flexibility index (Phi) is 10.2. The van der Waals surface area contributed by atoms with Crippen LogP contribution < -0.4 is 9.47 Å². The van der Waals surface area contributed by atoms with E-state index in [1.807, 2.05) is 32.0 Å².